The first-order chi connectivity index (χ1) is 16.2. The van der Waals surface area contributed by atoms with Crippen LogP contribution in [0.1, 0.15) is 30.7 Å². The predicted molar refractivity (Wildman–Crippen MR) is 125 cm³/mol. The number of carbonyl (C=O) groups excluding carboxylic acids is 1. The van der Waals surface area contributed by atoms with Gasteiger partial charge in [0.25, 0.3) is 0 Å². The van der Waals surface area contributed by atoms with Crippen molar-refractivity contribution in [1.82, 2.24) is 0 Å². The normalized spacial score (nSPS) is 18.5. The van der Waals surface area contributed by atoms with E-state index in [2.05, 4.69) is 6.07 Å². The average molecular weight is 481 g/mol. The maximum absolute atomic E-state index is 13.2. The van der Waals surface area contributed by atoms with Crippen molar-refractivity contribution in [1.29, 1.82) is 5.26 Å². The lowest BCUT2D eigenvalue weighted by molar-refractivity contribution is -0.116. The van der Waals surface area contributed by atoms with Gasteiger partial charge in [0.15, 0.2) is 17.3 Å². The average Bonchev–Trinajstić information content (AvgIpc) is 2.82. The summed E-state index contributed by atoms with van der Waals surface area (Å²) in [5.74, 6) is 0.458. The molecule has 2 aromatic carbocycles. The van der Waals surface area contributed by atoms with E-state index in [9.17, 15) is 18.5 Å². The highest BCUT2D eigenvalue weighted by Crippen LogP contribution is 2.47. The molecular formula is C24H24N4O5S. The number of anilines is 1. The van der Waals surface area contributed by atoms with Crippen molar-refractivity contribution in [3.05, 3.63) is 70.7 Å². The summed E-state index contributed by atoms with van der Waals surface area (Å²) in [4.78, 5) is 14.8. The molecule has 0 saturated carbocycles. The third-order valence-corrected chi connectivity index (χ3v) is 7.01. The standard InChI is InChI=1S/C24H24N4O5S/c1-32-20-11-6-14(12-21(20)33-2)22-17(13-25)24(26)28(18-4-3-5-19(29)23(18)22)15-7-9-16(10-8-15)34(27,30)31/h6-12,22H,3-5,26H2,1-2H3,(H2,27,30,31). The molecule has 0 saturated heterocycles. The highest BCUT2D eigenvalue weighted by Gasteiger charge is 2.40. The second kappa shape index (κ2) is 8.85. The van der Waals surface area contributed by atoms with Gasteiger partial charge in [-0.2, -0.15) is 5.26 Å². The number of hydrogen-bond acceptors (Lipinski definition) is 8. The lowest BCUT2D eigenvalue weighted by atomic mass is 9.75. The Balaban J connectivity index is 1.92. The summed E-state index contributed by atoms with van der Waals surface area (Å²) < 4.78 is 34.1. The lowest BCUT2D eigenvalue weighted by Crippen LogP contribution is -2.38. The number of nitriles is 1. The van der Waals surface area contributed by atoms with Crippen LogP contribution in [0.3, 0.4) is 0 Å². The van der Waals surface area contributed by atoms with Gasteiger partial charge in [-0.3, -0.25) is 9.69 Å². The van der Waals surface area contributed by atoms with Crippen molar-refractivity contribution in [2.75, 3.05) is 19.1 Å². The van der Waals surface area contributed by atoms with E-state index in [1.807, 2.05) is 0 Å². The number of hydrogen-bond donors (Lipinski definition) is 2. The van der Waals surface area contributed by atoms with Crippen molar-refractivity contribution in [2.45, 2.75) is 30.1 Å². The van der Waals surface area contributed by atoms with Crippen LogP contribution in [0, 0.1) is 11.3 Å². The number of nitrogens with zero attached hydrogens (tertiary/aromatic N) is 2. The highest BCUT2D eigenvalue weighted by atomic mass is 32.2. The van der Waals surface area contributed by atoms with E-state index in [4.69, 9.17) is 20.3 Å². The van der Waals surface area contributed by atoms with Gasteiger partial charge in [0, 0.05) is 23.4 Å². The molecule has 0 bridgehead atoms. The fourth-order valence-electron chi connectivity index (χ4n) is 4.53. The number of Topliss-reactive ketones (excluding diaryl/α,β-unsaturated/α-hetero) is 1. The lowest BCUT2D eigenvalue weighted by Gasteiger charge is -2.39. The van der Waals surface area contributed by atoms with Gasteiger partial charge in [0.2, 0.25) is 10.0 Å². The van der Waals surface area contributed by atoms with Crippen LogP contribution in [0.15, 0.2) is 70.0 Å². The molecular weight excluding hydrogens is 456 g/mol. The van der Waals surface area contributed by atoms with Crippen molar-refractivity contribution in [3.8, 4) is 17.6 Å². The van der Waals surface area contributed by atoms with Crippen LogP contribution >= 0.6 is 0 Å². The Morgan fingerprint density at radius 3 is 2.32 bits per heavy atom. The van der Waals surface area contributed by atoms with E-state index in [1.54, 1.807) is 35.2 Å². The summed E-state index contributed by atoms with van der Waals surface area (Å²) in [6, 6.07) is 13.3. The monoisotopic (exact) mass is 480 g/mol. The number of benzene rings is 2. The molecule has 10 heteroatoms. The first-order valence-corrected chi connectivity index (χ1v) is 12.1. The first-order valence-electron chi connectivity index (χ1n) is 10.5. The Morgan fingerprint density at radius 1 is 1.06 bits per heavy atom. The molecule has 0 aromatic heterocycles. The minimum Gasteiger partial charge on any atom is -0.493 e. The van der Waals surface area contributed by atoms with Crippen molar-refractivity contribution < 1.29 is 22.7 Å². The molecule has 4 N–H and O–H groups in total. The molecule has 0 fully saturated rings. The highest BCUT2D eigenvalue weighted by molar-refractivity contribution is 7.89. The number of carbonyl (C=O) groups is 1. The number of nitrogens with two attached hydrogens (primary N) is 2. The number of sulfonamides is 1. The smallest absolute Gasteiger partial charge is 0.238 e. The Hall–Kier alpha value is -3.81. The SMILES string of the molecule is COc1ccc(C2C(C#N)=C(N)N(c3ccc(S(N)(=O)=O)cc3)C3=C2C(=O)CCC3)cc1OC. The zero-order valence-electron chi connectivity index (χ0n) is 18.7. The second-order valence-corrected chi connectivity index (χ2v) is 9.53. The van der Waals surface area contributed by atoms with Gasteiger partial charge in [0.05, 0.1) is 36.7 Å². The molecule has 0 spiro atoms. The van der Waals surface area contributed by atoms with Gasteiger partial charge in [0.1, 0.15) is 5.82 Å². The van der Waals surface area contributed by atoms with Crippen LogP contribution in [0.4, 0.5) is 5.69 Å². The molecule has 1 aliphatic carbocycles. The summed E-state index contributed by atoms with van der Waals surface area (Å²) in [5.41, 5.74) is 9.16. The second-order valence-electron chi connectivity index (χ2n) is 7.97. The van der Waals surface area contributed by atoms with Crippen LogP contribution in [-0.2, 0) is 14.8 Å². The van der Waals surface area contributed by atoms with Gasteiger partial charge < -0.3 is 15.2 Å². The van der Waals surface area contributed by atoms with Crippen molar-refractivity contribution in [3.63, 3.8) is 0 Å². The molecule has 2 aliphatic rings. The van der Waals surface area contributed by atoms with Gasteiger partial charge in [-0.25, -0.2) is 13.6 Å². The molecule has 1 heterocycles. The van der Waals surface area contributed by atoms with Crippen LogP contribution in [0.25, 0.3) is 0 Å². The van der Waals surface area contributed by atoms with E-state index < -0.39 is 15.9 Å². The van der Waals surface area contributed by atoms with Crippen LogP contribution in [0.2, 0.25) is 0 Å². The van der Waals surface area contributed by atoms with E-state index in [0.717, 1.165) is 0 Å². The quantitative estimate of drug-likeness (QED) is 0.663. The molecule has 1 unspecified atom stereocenters. The van der Waals surface area contributed by atoms with E-state index >= 15 is 0 Å². The third kappa shape index (κ3) is 3.89. The van der Waals surface area contributed by atoms with Crippen molar-refractivity contribution >= 4 is 21.5 Å². The first kappa shape index (κ1) is 23.4. The summed E-state index contributed by atoms with van der Waals surface area (Å²) >= 11 is 0. The Bertz CT molecular complexity index is 1370. The third-order valence-electron chi connectivity index (χ3n) is 6.08. The van der Waals surface area contributed by atoms with Crippen LogP contribution < -0.4 is 25.2 Å². The Morgan fingerprint density at radius 2 is 1.74 bits per heavy atom. The number of ketones is 1. The number of ether oxygens (including phenoxy) is 2. The molecule has 2 aromatic rings. The minimum absolute atomic E-state index is 0.0477. The van der Waals surface area contributed by atoms with Crippen LogP contribution in [0.5, 0.6) is 11.5 Å². The molecule has 1 aliphatic heterocycles. The summed E-state index contributed by atoms with van der Waals surface area (Å²) in [6.07, 6.45) is 1.57. The maximum atomic E-state index is 13.2. The molecule has 0 amide bonds. The topological polar surface area (TPSA) is 149 Å². The van der Waals surface area contributed by atoms with Gasteiger partial charge in [-0.1, -0.05) is 6.07 Å². The summed E-state index contributed by atoms with van der Waals surface area (Å²) in [6.45, 7) is 0. The molecule has 176 valence electrons. The number of methoxy groups -OCH3 is 2. The van der Waals surface area contributed by atoms with E-state index in [1.165, 1.54) is 26.4 Å². The molecule has 0 radical (unpaired) electrons. The Kier molecular flexibility index (Phi) is 6.08. The van der Waals surface area contributed by atoms with Gasteiger partial charge >= 0.3 is 0 Å². The zero-order chi connectivity index (χ0) is 24.6. The van der Waals surface area contributed by atoms with E-state index in [0.29, 0.717) is 53.3 Å². The van der Waals surface area contributed by atoms with Gasteiger partial charge in [-0.15, -0.1) is 0 Å². The minimum atomic E-state index is -3.87. The molecule has 4 rings (SSSR count). The van der Waals surface area contributed by atoms with Crippen LogP contribution in [-0.4, -0.2) is 28.4 Å². The van der Waals surface area contributed by atoms with E-state index in [-0.39, 0.29) is 22.1 Å². The largest absolute Gasteiger partial charge is 0.493 e. The number of allylic oxidation sites excluding steroid dienone is 3. The predicted octanol–water partition coefficient (Wildman–Crippen LogP) is 2.66. The fraction of sp³-hybridized carbons (Fsp3) is 0.250. The molecule has 1 atom stereocenters. The van der Waals surface area contributed by atoms with Gasteiger partial charge in [-0.05, 0) is 54.8 Å². The van der Waals surface area contributed by atoms with Crippen molar-refractivity contribution in [2.24, 2.45) is 10.9 Å². The number of primary sulfonamides is 1. The zero-order valence-corrected chi connectivity index (χ0v) is 19.6. The Labute approximate surface area is 197 Å². The number of rotatable bonds is 5. The summed E-state index contributed by atoms with van der Waals surface area (Å²) in [5, 5.41) is 15.3. The fourth-order valence-corrected chi connectivity index (χ4v) is 5.05. The summed E-state index contributed by atoms with van der Waals surface area (Å²) in [7, 11) is -0.827. The molecule has 9 nitrogen and oxygen atoms in total. The maximum Gasteiger partial charge on any atom is 0.238 e. The molecule has 34 heavy (non-hydrogen) atoms.